The van der Waals surface area contributed by atoms with Crippen LogP contribution < -0.4 is 19.1 Å². The number of benzene rings is 2. The molecule has 2 aromatic carbocycles. The Bertz CT molecular complexity index is 941. The topological polar surface area (TPSA) is 15.3 Å². The molecule has 1 N–H and O–H groups in total. The normalized spacial score (nSPS) is 20.5. The van der Waals surface area contributed by atoms with Gasteiger partial charge in [-0.25, -0.2) is 0 Å². The zero-order valence-corrected chi connectivity index (χ0v) is 24.3. The number of allylic oxidation sites excluding steroid dienone is 2. The van der Waals surface area contributed by atoms with Crippen molar-refractivity contribution in [1.82, 2.24) is 0 Å². The van der Waals surface area contributed by atoms with Crippen LogP contribution in [0.4, 0.5) is 11.4 Å². The molecule has 4 rings (SSSR count). The molecular weight excluding hydrogens is 546 g/mol. The van der Waals surface area contributed by atoms with Crippen LogP contribution in [-0.2, 0) is 0 Å². The Morgan fingerprint density at radius 2 is 1.59 bits per heavy atom. The van der Waals surface area contributed by atoms with Crippen molar-refractivity contribution in [3.8, 4) is 0 Å². The second-order valence-electron chi connectivity index (χ2n) is 9.36. The van der Waals surface area contributed by atoms with Crippen LogP contribution in [0, 0.1) is 0 Å². The molecule has 34 heavy (non-hydrogen) atoms. The van der Waals surface area contributed by atoms with E-state index in [2.05, 4.69) is 90.8 Å². The molecular formula is C30H40N2Se2. The molecule has 0 amide bonds. The Hall–Kier alpha value is -1.44. The minimum absolute atomic E-state index is 0.392. The summed E-state index contributed by atoms with van der Waals surface area (Å²) in [6, 6.07) is 18.5. The monoisotopic (exact) mass is 588 g/mol. The second kappa shape index (κ2) is 13.6. The van der Waals surface area contributed by atoms with Crippen molar-refractivity contribution in [3.05, 3.63) is 71.4 Å². The fraction of sp³-hybridized carbons (Fsp3) is 0.467. The second-order valence-corrected chi connectivity index (χ2v) is 14.3. The van der Waals surface area contributed by atoms with Crippen molar-refractivity contribution in [3.63, 3.8) is 0 Å². The number of nitrogens with zero attached hydrogens (tertiary/aromatic N) is 1. The van der Waals surface area contributed by atoms with Gasteiger partial charge in [-0.3, -0.25) is 0 Å². The number of para-hydroxylation sites is 2. The SMILES string of the molecule is CCCCCCC1[Se]c2ccccc2N(CCCCCC)C1C=CC=C1Nc2ccccc2[Se]1. The Morgan fingerprint density at radius 1 is 0.853 bits per heavy atom. The van der Waals surface area contributed by atoms with E-state index >= 15 is 0 Å². The first-order valence-corrected chi connectivity index (χ1v) is 16.8. The van der Waals surface area contributed by atoms with Gasteiger partial charge in [0.25, 0.3) is 0 Å². The average molecular weight is 587 g/mol. The Balaban J connectivity index is 1.53. The van der Waals surface area contributed by atoms with Gasteiger partial charge < -0.3 is 0 Å². The van der Waals surface area contributed by atoms with Gasteiger partial charge in [0.05, 0.1) is 0 Å². The van der Waals surface area contributed by atoms with Crippen LogP contribution in [-0.4, -0.2) is 42.5 Å². The predicted octanol–water partition coefficient (Wildman–Crippen LogP) is 6.40. The first-order valence-electron chi connectivity index (χ1n) is 13.2. The predicted molar refractivity (Wildman–Crippen MR) is 152 cm³/mol. The van der Waals surface area contributed by atoms with Gasteiger partial charge in [0.2, 0.25) is 0 Å². The van der Waals surface area contributed by atoms with Crippen molar-refractivity contribution in [1.29, 1.82) is 0 Å². The molecule has 2 nitrogen and oxygen atoms in total. The van der Waals surface area contributed by atoms with Gasteiger partial charge in [-0.1, -0.05) is 0 Å². The van der Waals surface area contributed by atoms with Crippen molar-refractivity contribution < 1.29 is 0 Å². The van der Waals surface area contributed by atoms with E-state index in [9.17, 15) is 0 Å². The zero-order chi connectivity index (χ0) is 23.6. The van der Waals surface area contributed by atoms with Crippen molar-refractivity contribution in [2.45, 2.75) is 82.5 Å². The summed E-state index contributed by atoms with van der Waals surface area (Å²) in [4.78, 5) is 3.52. The molecule has 2 unspecified atom stereocenters. The molecule has 0 radical (unpaired) electrons. The summed E-state index contributed by atoms with van der Waals surface area (Å²) in [7, 11) is 0. The van der Waals surface area contributed by atoms with Crippen LogP contribution >= 0.6 is 0 Å². The van der Waals surface area contributed by atoms with E-state index in [1.54, 1.807) is 4.46 Å². The van der Waals surface area contributed by atoms with Crippen LogP contribution in [0.3, 0.4) is 0 Å². The van der Waals surface area contributed by atoms with E-state index < -0.39 is 0 Å². The van der Waals surface area contributed by atoms with Crippen molar-refractivity contribution >= 4 is 50.2 Å². The fourth-order valence-corrected chi connectivity index (χ4v) is 9.84. The molecule has 0 fully saturated rings. The summed E-state index contributed by atoms with van der Waals surface area (Å²) < 4.78 is 4.46. The molecule has 2 atom stereocenters. The van der Waals surface area contributed by atoms with E-state index in [0.29, 0.717) is 36.0 Å². The molecule has 2 aliphatic heterocycles. The number of anilines is 2. The van der Waals surface area contributed by atoms with Crippen LogP contribution in [0.25, 0.3) is 0 Å². The maximum atomic E-state index is 3.63. The summed E-state index contributed by atoms with van der Waals surface area (Å²) in [6.07, 6.45) is 19.3. The van der Waals surface area contributed by atoms with Gasteiger partial charge in [-0.2, -0.15) is 0 Å². The zero-order valence-electron chi connectivity index (χ0n) is 20.8. The van der Waals surface area contributed by atoms with E-state index in [1.807, 2.05) is 0 Å². The Labute approximate surface area is 220 Å². The number of hydrogen-bond donors (Lipinski definition) is 1. The molecule has 0 aromatic heterocycles. The standard InChI is InChI=1S/C30H40N2Se2/c1-3-5-7-9-20-28-26(18-15-22-30-31-24-16-10-12-19-27(24)34-30)32(23-14-8-6-4-2)25-17-11-13-21-29(25)33-28/h10-13,15-19,21-22,26,28,31H,3-9,14,20,23H2,1-2H3. The van der Waals surface area contributed by atoms with Crippen molar-refractivity contribution in [2.75, 3.05) is 16.8 Å². The number of hydrogen-bond acceptors (Lipinski definition) is 2. The van der Waals surface area contributed by atoms with Gasteiger partial charge in [0.15, 0.2) is 0 Å². The Kier molecular flexibility index (Phi) is 10.3. The third kappa shape index (κ3) is 6.82. The first-order chi connectivity index (χ1) is 16.8. The summed E-state index contributed by atoms with van der Waals surface area (Å²) >= 11 is 0.931. The summed E-state index contributed by atoms with van der Waals surface area (Å²) in [5.41, 5.74) is 2.80. The molecule has 2 aromatic rings. The Morgan fingerprint density at radius 3 is 2.38 bits per heavy atom. The molecule has 0 bridgehead atoms. The first kappa shape index (κ1) is 25.6. The number of fused-ring (bicyclic) bond motifs is 2. The van der Waals surface area contributed by atoms with Gasteiger partial charge in [0, 0.05) is 0 Å². The third-order valence-electron chi connectivity index (χ3n) is 6.71. The van der Waals surface area contributed by atoms with E-state index in [0.717, 1.165) is 4.82 Å². The van der Waals surface area contributed by atoms with Crippen LogP contribution in [0.2, 0.25) is 4.82 Å². The van der Waals surface area contributed by atoms with Gasteiger partial charge >= 0.3 is 221 Å². The van der Waals surface area contributed by atoms with Crippen LogP contribution in [0.5, 0.6) is 0 Å². The van der Waals surface area contributed by atoms with Gasteiger partial charge in [0.1, 0.15) is 0 Å². The number of nitrogens with one attached hydrogen (secondary N) is 1. The molecule has 0 spiro atoms. The molecule has 2 heterocycles. The summed E-state index contributed by atoms with van der Waals surface area (Å²) in [5, 5.41) is 3.63. The van der Waals surface area contributed by atoms with Crippen LogP contribution in [0.1, 0.15) is 71.6 Å². The minimum atomic E-state index is 0.392. The molecule has 0 aliphatic carbocycles. The summed E-state index contributed by atoms with van der Waals surface area (Å²) in [6.45, 7) is 5.80. The molecule has 0 saturated heterocycles. The van der Waals surface area contributed by atoms with Crippen molar-refractivity contribution in [2.24, 2.45) is 0 Å². The van der Waals surface area contributed by atoms with E-state index in [1.165, 1.54) is 84.8 Å². The fourth-order valence-electron chi connectivity index (χ4n) is 4.86. The number of unbranched alkanes of at least 4 members (excludes halogenated alkanes) is 6. The molecule has 0 saturated carbocycles. The maximum absolute atomic E-state index is 3.63. The molecule has 4 heteroatoms. The average Bonchev–Trinajstić information content (AvgIpc) is 3.28. The molecule has 2 aliphatic rings. The molecule has 182 valence electrons. The quantitative estimate of drug-likeness (QED) is 0.229. The van der Waals surface area contributed by atoms with Crippen LogP contribution in [0.15, 0.2) is 71.4 Å². The van der Waals surface area contributed by atoms with Gasteiger partial charge in [-0.05, 0) is 0 Å². The summed E-state index contributed by atoms with van der Waals surface area (Å²) in [5.74, 6) is 0. The van der Waals surface area contributed by atoms with Gasteiger partial charge in [-0.15, -0.1) is 0 Å². The third-order valence-corrected chi connectivity index (χ3v) is 11.9. The van der Waals surface area contributed by atoms with E-state index in [4.69, 9.17) is 0 Å². The van der Waals surface area contributed by atoms with E-state index in [-0.39, 0.29) is 0 Å². The number of rotatable bonds is 12.